The van der Waals surface area contributed by atoms with Crippen LogP contribution in [0.4, 0.5) is 13.2 Å². The Labute approximate surface area is 90.3 Å². The smallest absolute Gasteiger partial charge is 0.361 e. The van der Waals surface area contributed by atoms with Crippen LogP contribution in [-0.4, -0.2) is 4.98 Å². The molecule has 3 N–H and O–H groups in total. The number of aromatic amines is 1. The van der Waals surface area contributed by atoms with Gasteiger partial charge in [0.1, 0.15) is 0 Å². The number of nitrogens with two attached hydrogens (primary N) is 1. The summed E-state index contributed by atoms with van der Waals surface area (Å²) in [4.78, 5) is 2.87. The number of aromatic nitrogens is 1. The van der Waals surface area contributed by atoms with Gasteiger partial charge in [0.25, 0.3) is 0 Å². The normalized spacial score (nSPS) is 14.3. The first-order valence-corrected chi connectivity index (χ1v) is 4.84. The van der Waals surface area contributed by atoms with Crippen LogP contribution >= 0.6 is 0 Å². The summed E-state index contributed by atoms with van der Waals surface area (Å²) < 4.78 is 38.3. The summed E-state index contributed by atoms with van der Waals surface area (Å²) in [6, 6.07) is 3.45. The third-order valence-electron chi connectivity index (χ3n) is 2.54. The van der Waals surface area contributed by atoms with Crippen LogP contribution in [0.3, 0.4) is 0 Å². The molecule has 0 aliphatic rings. The molecule has 0 saturated carbocycles. The van der Waals surface area contributed by atoms with E-state index in [0.717, 1.165) is 6.07 Å². The van der Waals surface area contributed by atoms with Crippen LogP contribution in [0.1, 0.15) is 24.1 Å². The minimum absolute atomic E-state index is 0.145. The van der Waals surface area contributed by atoms with E-state index in [-0.39, 0.29) is 5.56 Å². The molecule has 0 spiro atoms. The fraction of sp³-hybridized carbons (Fsp3) is 0.273. The van der Waals surface area contributed by atoms with Gasteiger partial charge >= 0.3 is 6.18 Å². The van der Waals surface area contributed by atoms with Gasteiger partial charge in [-0.05, 0) is 30.7 Å². The van der Waals surface area contributed by atoms with Crippen molar-refractivity contribution in [2.24, 2.45) is 5.73 Å². The molecule has 0 fully saturated rings. The average molecular weight is 228 g/mol. The Hall–Kier alpha value is -1.49. The lowest BCUT2D eigenvalue weighted by molar-refractivity contribution is -0.138. The Kier molecular flexibility index (Phi) is 2.42. The fourth-order valence-corrected chi connectivity index (χ4v) is 1.89. The minimum Gasteiger partial charge on any atom is -0.361 e. The Morgan fingerprint density at radius 2 is 1.94 bits per heavy atom. The van der Waals surface area contributed by atoms with Crippen molar-refractivity contribution in [1.29, 1.82) is 0 Å². The molecule has 1 aromatic carbocycles. The molecular weight excluding hydrogens is 217 g/mol. The van der Waals surface area contributed by atoms with Crippen molar-refractivity contribution < 1.29 is 13.2 Å². The number of alkyl halides is 3. The predicted octanol–water partition coefficient (Wildman–Crippen LogP) is 3.21. The summed E-state index contributed by atoms with van der Waals surface area (Å²) in [5, 5.41) is 0.532. The van der Waals surface area contributed by atoms with Gasteiger partial charge in [-0.1, -0.05) is 0 Å². The van der Waals surface area contributed by atoms with Gasteiger partial charge in [0.15, 0.2) is 0 Å². The van der Waals surface area contributed by atoms with Gasteiger partial charge in [-0.15, -0.1) is 0 Å². The number of rotatable bonds is 1. The molecule has 5 heteroatoms. The summed E-state index contributed by atoms with van der Waals surface area (Å²) in [7, 11) is 0. The van der Waals surface area contributed by atoms with Crippen molar-refractivity contribution in [3.63, 3.8) is 0 Å². The second kappa shape index (κ2) is 3.52. The number of nitrogens with one attached hydrogen (secondary N) is 1. The summed E-state index contributed by atoms with van der Waals surface area (Å²) in [6.45, 7) is 1.55. The maximum absolute atomic E-state index is 12.8. The highest BCUT2D eigenvalue weighted by Crippen LogP contribution is 2.37. The summed E-state index contributed by atoms with van der Waals surface area (Å²) in [5.41, 5.74) is 5.78. The molecule has 0 aliphatic heterocycles. The molecule has 16 heavy (non-hydrogen) atoms. The SMILES string of the molecule is CC(N)c1c(C(F)(F)F)ccc2[nH]ccc12. The molecule has 0 radical (unpaired) electrons. The molecule has 1 heterocycles. The average Bonchev–Trinajstić information content (AvgIpc) is 2.61. The molecule has 0 amide bonds. The molecule has 2 nitrogen and oxygen atoms in total. The van der Waals surface area contributed by atoms with Gasteiger partial charge in [0, 0.05) is 23.1 Å². The number of hydrogen-bond donors (Lipinski definition) is 2. The zero-order chi connectivity index (χ0) is 11.9. The Morgan fingerprint density at radius 3 is 2.50 bits per heavy atom. The van der Waals surface area contributed by atoms with Gasteiger partial charge < -0.3 is 10.7 Å². The van der Waals surface area contributed by atoms with Gasteiger partial charge in [-0.2, -0.15) is 13.2 Å². The zero-order valence-corrected chi connectivity index (χ0v) is 8.60. The van der Waals surface area contributed by atoms with E-state index in [1.165, 1.54) is 6.07 Å². The van der Waals surface area contributed by atoms with Crippen molar-refractivity contribution in [2.75, 3.05) is 0 Å². The maximum atomic E-state index is 12.8. The van der Waals surface area contributed by atoms with Gasteiger partial charge in [-0.3, -0.25) is 0 Å². The van der Waals surface area contributed by atoms with Crippen molar-refractivity contribution in [1.82, 2.24) is 4.98 Å². The van der Waals surface area contributed by atoms with Gasteiger partial charge in [-0.25, -0.2) is 0 Å². The van der Waals surface area contributed by atoms with Crippen LogP contribution in [-0.2, 0) is 6.18 Å². The first-order chi connectivity index (χ1) is 7.41. The van der Waals surface area contributed by atoms with Crippen LogP contribution in [0, 0.1) is 0 Å². The van der Waals surface area contributed by atoms with Crippen LogP contribution in [0.2, 0.25) is 0 Å². The Morgan fingerprint density at radius 1 is 1.25 bits per heavy atom. The number of H-pyrrole nitrogens is 1. The van der Waals surface area contributed by atoms with E-state index in [2.05, 4.69) is 4.98 Å². The molecule has 0 saturated heterocycles. The fourth-order valence-electron chi connectivity index (χ4n) is 1.89. The van der Waals surface area contributed by atoms with Crippen LogP contribution in [0.25, 0.3) is 10.9 Å². The molecule has 86 valence electrons. The standard InChI is InChI=1S/C11H11F3N2/c1-6(15)10-7-4-5-16-9(7)3-2-8(10)11(12,13)14/h2-6,16H,15H2,1H3. The lowest BCUT2D eigenvalue weighted by Crippen LogP contribution is -2.15. The quantitative estimate of drug-likeness (QED) is 0.773. The largest absolute Gasteiger partial charge is 0.416 e. The number of hydrogen-bond acceptors (Lipinski definition) is 1. The highest BCUT2D eigenvalue weighted by molar-refractivity contribution is 5.84. The van der Waals surface area contributed by atoms with E-state index >= 15 is 0 Å². The number of halogens is 3. The van der Waals surface area contributed by atoms with Crippen molar-refractivity contribution in [3.8, 4) is 0 Å². The maximum Gasteiger partial charge on any atom is 0.416 e. The van der Waals surface area contributed by atoms with Crippen LogP contribution in [0.15, 0.2) is 24.4 Å². The third-order valence-corrected chi connectivity index (χ3v) is 2.54. The Bertz CT molecular complexity index is 511. The molecular formula is C11H11F3N2. The zero-order valence-electron chi connectivity index (χ0n) is 8.60. The first kappa shape index (κ1) is 11.0. The van der Waals surface area contributed by atoms with E-state index in [0.29, 0.717) is 10.9 Å². The molecule has 2 rings (SSSR count). The third kappa shape index (κ3) is 1.67. The summed E-state index contributed by atoms with van der Waals surface area (Å²) in [5.74, 6) is 0. The predicted molar refractivity (Wildman–Crippen MR) is 55.9 cm³/mol. The van der Waals surface area contributed by atoms with E-state index in [1.54, 1.807) is 19.2 Å². The first-order valence-electron chi connectivity index (χ1n) is 4.84. The van der Waals surface area contributed by atoms with E-state index in [4.69, 9.17) is 5.73 Å². The second-order valence-electron chi connectivity index (χ2n) is 3.75. The van der Waals surface area contributed by atoms with Crippen LogP contribution in [0.5, 0.6) is 0 Å². The van der Waals surface area contributed by atoms with Crippen molar-refractivity contribution in [3.05, 3.63) is 35.5 Å². The summed E-state index contributed by atoms with van der Waals surface area (Å²) in [6.07, 6.45) is -2.76. The highest BCUT2D eigenvalue weighted by Gasteiger charge is 2.34. The lowest BCUT2D eigenvalue weighted by Gasteiger charge is -2.16. The Balaban J connectivity index is 2.79. The molecule has 1 aromatic heterocycles. The summed E-state index contributed by atoms with van der Waals surface area (Å²) >= 11 is 0. The van der Waals surface area contributed by atoms with Crippen LogP contribution < -0.4 is 5.73 Å². The van der Waals surface area contributed by atoms with Crippen molar-refractivity contribution >= 4 is 10.9 Å². The van der Waals surface area contributed by atoms with E-state index in [1.807, 2.05) is 0 Å². The number of fused-ring (bicyclic) bond motifs is 1. The second-order valence-corrected chi connectivity index (χ2v) is 3.75. The highest BCUT2D eigenvalue weighted by atomic mass is 19.4. The monoisotopic (exact) mass is 228 g/mol. The molecule has 1 atom stereocenters. The molecule has 2 aromatic rings. The van der Waals surface area contributed by atoms with E-state index < -0.39 is 17.8 Å². The van der Waals surface area contributed by atoms with E-state index in [9.17, 15) is 13.2 Å². The molecule has 1 unspecified atom stereocenters. The number of benzene rings is 1. The topological polar surface area (TPSA) is 41.8 Å². The van der Waals surface area contributed by atoms with Gasteiger partial charge in [0.05, 0.1) is 5.56 Å². The lowest BCUT2D eigenvalue weighted by atomic mass is 9.97. The van der Waals surface area contributed by atoms with Gasteiger partial charge in [0.2, 0.25) is 0 Å². The molecule has 0 bridgehead atoms. The minimum atomic E-state index is -4.37. The molecule has 0 aliphatic carbocycles. The van der Waals surface area contributed by atoms with Crippen molar-refractivity contribution in [2.45, 2.75) is 19.1 Å².